The highest BCUT2D eigenvalue weighted by atomic mass is 32.1. The van der Waals surface area contributed by atoms with Gasteiger partial charge in [0.25, 0.3) is 0 Å². The van der Waals surface area contributed by atoms with Crippen LogP contribution in [0.25, 0.3) is 0 Å². The van der Waals surface area contributed by atoms with Crippen LogP contribution in [0.4, 0.5) is 0 Å². The molecule has 8 nitrogen and oxygen atoms in total. The number of aliphatic hydroxyl groups excluding tert-OH is 1. The van der Waals surface area contributed by atoms with Crippen LogP contribution in [0.5, 0.6) is 0 Å². The lowest BCUT2D eigenvalue weighted by Gasteiger charge is -2.41. The van der Waals surface area contributed by atoms with Crippen LogP contribution in [0.3, 0.4) is 0 Å². The zero-order chi connectivity index (χ0) is 23.6. The minimum Gasteiger partial charge on any atom is -0.480 e. The van der Waals surface area contributed by atoms with Gasteiger partial charge in [0, 0.05) is 44.0 Å². The fourth-order valence-electron chi connectivity index (χ4n) is 3.33. The van der Waals surface area contributed by atoms with Crippen molar-refractivity contribution in [2.24, 2.45) is 11.7 Å². The molecule has 0 radical (unpaired) electrons. The van der Waals surface area contributed by atoms with Gasteiger partial charge in [-0.05, 0) is 25.5 Å². The maximum atomic E-state index is 13.4. The third kappa shape index (κ3) is 7.76. The van der Waals surface area contributed by atoms with Gasteiger partial charge in [0.05, 0.1) is 0 Å². The van der Waals surface area contributed by atoms with E-state index >= 15 is 0 Å². The molecular formula is C22H38N4O4S. The molecule has 1 amide bonds. The first kappa shape index (κ1) is 27.4. The minimum atomic E-state index is -1.18. The highest BCUT2D eigenvalue weighted by molar-refractivity contribution is 7.80. The topological polar surface area (TPSA) is 128 Å². The zero-order valence-corrected chi connectivity index (χ0v) is 19.8. The Bertz CT molecular complexity index is 691. The molecule has 1 aromatic rings. The molecule has 0 unspecified atom stereocenters. The maximum absolute atomic E-state index is 13.4. The first-order valence-corrected chi connectivity index (χ1v) is 11.2. The third-order valence-corrected chi connectivity index (χ3v) is 6.18. The van der Waals surface area contributed by atoms with E-state index in [1.165, 1.54) is 0 Å². The van der Waals surface area contributed by atoms with Crippen molar-refractivity contribution >= 4 is 24.5 Å². The zero-order valence-electron chi connectivity index (χ0n) is 18.9. The number of aliphatic carboxylic acids is 1. The predicted octanol–water partition coefficient (Wildman–Crippen LogP) is 0.657. The van der Waals surface area contributed by atoms with Gasteiger partial charge in [0.2, 0.25) is 5.91 Å². The lowest BCUT2D eigenvalue weighted by atomic mass is 9.87. The SMILES string of the molecule is CC(C)[C@@H](CN(C)[C@@](C)(C(=O)N[C@@H](CCO)C(=O)O)c1ccccc1)NC[C@@H](N)CS. The second-order valence-electron chi connectivity index (χ2n) is 8.40. The summed E-state index contributed by atoms with van der Waals surface area (Å²) in [5, 5.41) is 24.7. The molecule has 0 aliphatic carbocycles. The van der Waals surface area contributed by atoms with Gasteiger partial charge >= 0.3 is 5.97 Å². The third-order valence-electron chi connectivity index (χ3n) is 5.71. The molecule has 1 rings (SSSR count). The van der Waals surface area contributed by atoms with Gasteiger partial charge in [-0.3, -0.25) is 9.69 Å². The Morgan fingerprint density at radius 1 is 1.26 bits per heavy atom. The minimum absolute atomic E-state index is 0.0551. The Hall–Kier alpha value is -1.65. The molecule has 176 valence electrons. The highest BCUT2D eigenvalue weighted by Crippen LogP contribution is 2.28. The summed E-state index contributed by atoms with van der Waals surface area (Å²) in [6, 6.07) is 8.08. The molecule has 1 aromatic carbocycles. The van der Waals surface area contributed by atoms with Crippen molar-refractivity contribution < 1.29 is 19.8 Å². The first-order chi connectivity index (χ1) is 14.6. The van der Waals surface area contributed by atoms with E-state index in [0.29, 0.717) is 18.8 Å². The van der Waals surface area contributed by atoms with Crippen molar-refractivity contribution in [1.82, 2.24) is 15.5 Å². The van der Waals surface area contributed by atoms with E-state index in [9.17, 15) is 19.8 Å². The second-order valence-corrected chi connectivity index (χ2v) is 8.76. The number of carbonyl (C=O) groups excluding carboxylic acids is 1. The van der Waals surface area contributed by atoms with Gasteiger partial charge in [-0.1, -0.05) is 44.2 Å². The van der Waals surface area contributed by atoms with Crippen LogP contribution in [0.1, 0.15) is 32.8 Å². The molecule has 6 N–H and O–H groups in total. The van der Waals surface area contributed by atoms with Gasteiger partial charge < -0.3 is 26.6 Å². The van der Waals surface area contributed by atoms with Gasteiger partial charge in [-0.2, -0.15) is 12.6 Å². The fourth-order valence-corrected chi connectivity index (χ4v) is 3.46. The Labute approximate surface area is 191 Å². The summed E-state index contributed by atoms with van der Waals surface area (Å²) in [5.74, 6) is -0.766. The van der Waals surface area contributed by atoms with E-state index in [1.54, 1.807) is 6.92 Å². The lowest BCUT2D eigenvalue weighted by molar-refractivity contribution is -0.145. The predicted molar refractivity (Wildman–Crippen MR) is 126 cm³/mol. The van der Waals surface area contributed by atoms with Crippen molar-refractivity contribution in [3.63, 3.8) is 0 Å². The highest BCUT2D eigenvalue weighted by Gasteiger charge is 2.41. The number of nitrogens with two attached hydrogens (primary N) is 1. The van der Waals surface area contributed by atoms with Crippen LogP contribution in [0.2, 0.25) is 0 Å². The smallest absolute Gasteiger partial charge is 0.326 e. The van der Waals surface area contributed by atoms with E-state index in [2.05, 4.69) is 37.1 Å². The van der Waals surface area contributed by atoms with Crippen LogP contribution in [0, 0.1) is 5.92 Å². The molecule has 0 aliphatic rings. The number of rotatable bonds is 14. The molecule has 9 heteroatoms. The Balaban J connectivity index is 3.18. The largest absolute Gasteiger partial charge is 0.480 e. The molecule has 0 bridgehead atoms. The number of nitrogens with one attached hydrogen (secondary N) is 2. The number of carboxylic acids is 1. The van der Waals surface area contributed by atoms with Crippen LogP contribution >= 0.6 is 12.6 Å². The number of aliphatic hydroxyl groups is 1. The Kier molecular flexibility index (Phi) is 11.5. The quantitative estimate of drug-likeness (QED) is 0.228. The molecule has 0 aromatic heterocycles. The Morgan fingerprint density at radius 2 is 1.87 bits per heavy atom. The molecule has 31 heavy (non-hydrogen) atoms. The molecule has 0 saturated heterocycles. The number of carbonyl (C=O) groups is 2. The van der Waals surface area contributed by atoms with E-state index in [0.717, 1.165) is 5.56 Å². The number of hydrogen-bond donors (Lipinski definition) is 6. The Morgan fingerprint density at radius 3 is 2.35 bits per heavy atom. The summed E-state index contributed by atoms with van der Waals surface area (Å²) in [4.78, 5) is 26.9. The van der Waals surface area contributed by atoms with Crippen molar-refractivity contribution in [1.29, 1.82) is 0 Å². The summed E-state index contributed by atoms with van der Waals surface area (Å²) < 4.78 is 0. The molecule has 0 aliphatic heterocycles. The molecule has 0 fully saturated rings. The summed E-state index contributed by atoms with van der Waals surface area (Å²) in [6.45, 7) is 6.78. The molecular weight excluding hydrogens is 416 g/mol. The van der Waals surface area contributed by atoms with Crippen LogP contribution < -0.4 is 16.4 Å². The molecule has 0 heterocycles. The fraction of sp³-hybridized carbons (Fsp3) is 0.636. The van der Waals surface area contributed by atoms with Crippen LogP contribution in [-0.4, -0.2) is 77.6 Å². The van der Waals surface area contributed by atoms with Crippen molar-refractivity contribution in [2.75, 3.05) is 32.5 Å². The number of carboxylic acid groups (broad SMARTS) is 1. The average molecular weight is 455 g/mol. The lowest BCUT2D eigenvalue weighted by Crippen LogP contribution is -2.59. The number of thiol groups is 1. The normalized spacial score (nSPS) is 16.5. The average Bonchev–Trinajstić information content (AvgIpc) is 2.75. The van der Waals surface area contributed by atoms with Gasteiger partial charge in [0.15, 0.2) is 0 Å². The van der Waals surface area contributed by atoms with Crippen molar-refractivity contribution in [3.05, 3.63) is 35.9 Å². The molecule has 4 atom stereocenters. The van der Waals surface area contributed by atoms with Crippen molar-refractivity contribution in [3.8, 4) is 0 Å². The number of nitrogens with zero attached hydrogens (tertiary/aromatic N) is 1. The monoisotopic (exact) mass is 454 g/mol. The van der Waals surface area contributed by atoms with Crippen LogP contribution in [-0.2, 0) is 15.1 Å². The standard InChI is InChI=1S/C22H38N4O4S/c1-15(2)19(24-12-17(23)14-31)13-26(4)22(3,16-8-6-5-7-9-16)21(30)25-18(10-11-27)20(28)29/h5-9,15,17-19,24,27,31H,10-14,23H2,1-4H3,(H,25,30)(H,28,29)/t17-,18+,19-,22-/m1/s1. The van der Waals surface area contributed by atoms with Crippen molar-refractivity contribution in [2.45, 2.75) is 50.9 Å². The van der Waals surface area contributed by atoms with Gasteiger partial charge in [-0.25, -0.2) is 4.79 Å². The van der Waals surface area contributed by atoms with E-state index in [1.807, 2.05) is 42.3 Å². The summed E-state index contributed by atoms with van der Waals surface area (Å²) in [7, 11) is 1.85. The number of amides is 1. The van der Waals surface area contributed by atoms with E-state index < -0.39 is 23.5 Å². The number of likely N-dealkylation sites (N-methyl/N-ethyl adjacent to an activating group) is 1. The molecule has 0 saturated carbocycles. The maximum Gasteiger partial charge on any atom is 0.326 e. The summed E-state index contributed by atoms with van der Waals surface area (Å²) in [5.41, 5.74) is 5.62. The van der Waals surface area contributed by atoms with Gasteiger partial charge in [0.1, 0.15) is 11.6 Å². The first-order valence-electron chi connectivity index (χ1n) is 10.6. The summed E-state index contributed by atoms with van der Waals surface area (Å²) in [6.07, 6.45) is -0.0621. The number of benzene rings is 1. The second kappa shape index (κ2) is 13.0. The van der Waals surface area contributed by atoms with E-state index in [-0.39, 0.29) is 31.0 Å². The number of hydrogen-bond acceptors (Lipinski definition) is 7. The van der Waals surface area contributed by atoms with E-state index in [4.69, 9.17) is 5.73 Å². The molecule has 0 spiro atoms. The summed E-state index contributed by atoms with van der Waals surface area (Å²) >= 11 is 4.23. The van der Waals surface area contributed by atoms with Gasteiger partial charge in [-0.15, -0.1) is 0 Å². The van der Waals surface area contributed by atoms with Crippen LogP contribution in [0.15, 0.2) is 30.3 Å².